The molecule has 5 nitrogen and oxygen atoms in total. The number of hydrogen-bond acceptors (Lipinski definition) is 3. The summed E-state index contributed by atoms with van der Waals surface area (Å²) in [4.78, 5) is 13.8. The molecule has 1 aliphatic rings. The number of hydrogen-bond donors (Lipinski definition) is 1. The van der Waals surface area contributed by atoms with E-state index < -0.39 is 11.9 Å². The van der Waals surface area contributed by atoms with Crippen LogP contribution in [0.5, 0.6) is 0 Å². The average Bonchev–Trinajstić information content (AvgIpc) is 3.17. The van der Waals surface area contributed by atoms with Gasteiger partial charge in [0.25, 0.3) is 5.91 Å². The first-order valence-electron chi connectivity index (χ1n) is 6.90. The summed E-state index contributed by atoms with van der Waals surface area (Å²) >= 11 is 0. The van der Waals surface area contributed by atoms with Gasteiger partial charge in [-0.05, 0) is 31.0 Å². The SMILES string of the molecule is O=C(c1ccco1)N1CCC[C@H](c2cc(C(F)(F)F)n[nH]2)C1. The van der Waals surface area contributed by atoms with E-state index in [1.807, 2.05) is 0 Å². The van der Waals surface area contributed by atoms with Crippen LogP contribution in [-0.4, -0.2) is 34.1 Å². The van der Waals surface area contributed by atoms with Crippen molar-refractivity contribution in [1.29, 1.82) is 0 Å². The van der Waals surface area contributed by atoms with Gasteiger partial charge >= 0.3 is 6.18 Å². The molecule has 1 saturated heterocycles. The molecule has 22 heavy (non-hydrogen) atoms. The predicted octanol–water partition coefficient (Wildman–Crippen LogP) is 3.04. The molecule has 1 amide bonds. The first-order chi connectivity index (χ1) is 10.4. The summed E-state index contributed by atoms with van der Waals surface area (Å²) in [5.41, 5.74) is -0.527. The molecule has 2 aromatic rings. The molecule has 1 fully saturated rings. The molecule has 0 saturated carbocycles. The van der Waals surface area contributed by atoms with E-state index in [4.69, 9.17) is 4.42 Å². The standard InChI is InChI=1S/C14H14F3N3O2/c15-14(16,17)12-7-10(18-19-12)9-3-1-5-20(8-9)13(21)11-4-2-6-22-11/h2,4,6-7,9H,1,3,5,8H2,(H,18,19)/t9-/m0/s1. The number of aromatic amines is 1. The highest BCUT2D eigenvalue weighted by Gasteiger charge is 2.35. The molecule has 2 aromatic heterocycles. The Morgan fingerprint density at radius 3 is 2.91 bits per heavy atom. The fraction of sp³-hybridized carbons (Fsp3) is 0.429. The van der Waals surface area contributed by atoms with Crippen molar-refractivity contribution in [3.63, 3.8) is 0 Å². The van der Waals surface area contributed by atoms with E-state index in [1.165, 1.54) is 6.26 Å². The zero-order chi connectivity index (χ0) is 15.7. The maximum Gasteiger partial charge on any atom is 0.435 e. The molecule has 1 N–H and O–H groups in total. The highest BCUT2D eigenvalue weighted by Crippen LogP contribution is 2.32. The molecule has 0 aromatic carbocycles. The predicted molar refractivity (Wildman–Crippen MR) is 70.2 cm³/mol. The zero-order valence-electron chi connectivity index (χ0n) is 11.6. The summed E-state index contributed by atoms with van der Waals surface area (Å²) in [5, 5.41) is 5.76. The van der Waals surface area contributed by atoms with Crippen LogP contribution in [0.15, 0.2) is 28.9 Å². The molecule has 0 bridgehead atoms. The minimum atomic E-state index is -4.47. The number of nitrogens with one attached hydrogen (secondary N) is 1. The molecule has 1 atom stereocenters. The van der Waals surface area contributed by atoms with Crippen LogP contribution in [-0.2, 0) is 6.18 Å². The quantitative estimate of drug-likeness (QED) is 0.927. The monoisotopic (exact) mass is 313 g/mol. The number of aromatic nitrogens is 2. The second-order valence-electron chi connectivity index (χ2n) is 5.27. The van der Waals surface area contributed by atoms with Gasteiger partial charge in [0.1, 0.15) is 0 Å². The Morgan fingerprint density at radius 2 is 2.27 bits per heavy atom. The zero-order valence-corrected chi connectivity index (χ0v) is 11.6. The third-order valence-corrected chi connectivity index (χ3v) is 3.77. The van der Waals surface area contributed by atoms with Gasteiger partial charge in [-0.15, -0.1) is 0 Å². The lowest BCUT2D eigenvalue weighted by Gasteiger charge is -2.31. The van der Waals surface area contributed by atoms with Crippen molar-refractivity contribution in [2.45, 2.75) is 24.9 Å². The van der Waals surface area contributed by atoms with Crippen molar-refractivity contribution in [3.8, 4) is 0 Å². The van der Waals surface area contributed by atoms with Crippen LogP contribution >= 0.6 is 0 Å². The first-order valence-corrected chi connectivity index (χ1v) is 6.90. The second kappa shape index (κ2) is 5.51. The van der Waals surface area contributed by atoms with Gasteiger partial charge in [-0.2, -0.15) is 18.3 Å². The molecule has 1 aliphatic heterocycles. The van der Waals surface area contributed by atoms with E-state index in [1.54, 1.807) is 17.0 Å². The van der Waals surface area contributed by atoms with Gasteiger partial charge in [0, 0.05) is 24.7 Å². The van der Waals surface area contributed by atoms with Gasteiger partial charge < -0.3 is 9.32 Å². The first kappa shape index (κ1) is 14.7. The Hall–Kier alpha value is -2.25. The number of carbonyl (C=O) groups is 1. The van der Waals surface area contributed by atoms with Crippen LogP contribution in [0, 0.1) is 0 Å². The van der Waals surface area contributed by atoms with Gasteiger partial charge in [0.15, 0.2) is 11.5 Å². The third-order valence-electron chi connectivity index (χ3n) is 3.77. The van der Waals surface area contributed by atoms with Crippen molar-refractivity contribution >= 4 is 5.91 Å². The number of carbonyl (C=O) groups excluding carboxylic acids is 1. The van der Waals surface area contributed by atoms with E-state index >= 15 is 0 Å². The summed E-state index contributed by atoms with van der Waals surface area (Å²) in [6.45, 7) is 0.912. The van der Waals surface area contributed by atoms with Gasteiger partial charge in [-0.1, -0.05) is 0 Å². The summed E-state index contributed by atoms with van der Waals surface area (Å²) in [6.07, 6.45) is -1.62. The molecular formula is C14H14F3N3O2. The number of H-pyrrole nitrogens is 1. The lowest BCUT2D eigenvalue weighted by molar-refractivity contribution is -0.141. The number of piperidine rings is 1. The second-order valence-corrected chi connectivity index (χ2v) is 5.27. The Kier molecular flexibility index (Phi) is 3.67. The minimum absolute atomic E-state index is 0.184. The molecule has 3 heterocycles. The molecule has 118 valence electrons. The Morgan fingerprint density at radius 1 is 1.45 bits per heavy atom. The molecular weight excluding hydrogens is 299 g/mol. The van der Waals surface area contributed by atoms with Crippen LogP contribution < -0.4 is 0 Å². The van der Waals surface area contributed by atoms with Gasteiger partial charge in [0.05, 0.1) is 6.26 Å². The number of nitrogens with zero attached hydrogens (tertiary/aromatic N) is 2. The van der Waals surface area contributed by atoms with Crippen LogP contribution in [0.2, 0.25) is 0 Å². The van der Waals surface area contributed by atoms with Crippen molar-refractivity contribution in [2.24, 2.45) is 0 Å². The number of alkyl halides is 3. The van der Waals surface area contributed by atoms with Crippen molar-refractivity contribution in [1.82, 2.24) is 15.1 Å². The maximum absolute atomic E-state index is 12.6. The van der Waals surface area contributed by atoms with Gasteiger partial charge in [-0.3, -0.25) is 9.89 Å². The Labute approximate surface area is 124 Å². The van der Waals surface area contributed by atoms with E-state index in [9.17, 15) is 18.0 Å². The molecule has 0 aliphatic carbocycles. The highest BCUT2D eigenvalue weighted by atomic mass is 19.4. The summed E-state index contributed by atoms with van der Waals surface area (Å²) < 4.78 is 42.9. The van der Waals surface area contributed by atoms with Gasteiger partial charge in [-0.25, -0.2) is 0 Å². The number of likely N-dealkylation sites (tertiary alicyclic amines) is 1. The summed E-state index contributed by atoms with van der Waals surface area (Å²) in [7, 11) is 0. The Balaban J connectivity index is 1.73. The van der Waals surface area contributed by atoms with E-state index in [0.29, 0.717) is 25.2 Å². The van der Waals surface area contributed by atoms with Crippen LogP contribution in [0.1, 0.15) is 40.7 Å². The van der Waals surface area contributed by atoms with Gasteiger partial charge in [0.2, 0.25) is 0 Å². The number of amides is 1. The third kappa shape index (κ3) is 2.86. The van der Waals surface area contributed by atoms with E-state index in [-0.39, 0.29) is 17.6 Å². The van der Waals surface area contributed by atoms with Crippen molar-refractivity contribution < 1.29 is 22.4 Å². The summed E-state index contributed by atoms with van der Waals surface area (Å²) in [6, 6.07) is 4.22. The lowest BCUT2D eigenvalue weighted by atomic mass is 9.94. The van der Waals surface area contributed by atoms with Crippen LogP contribution in [0.25, 0.3) is 0 Å². The van der Waals surface area contributed by atoms with Crippen LogP contribution in [0.4, 0.5) is 13.2 Å². The molecule has 0 spiro atoms. The number of furan rings is 1. The van der Waals surface area contributed by atoms with Crippen molar-refractivity contribution in [2.75, 3.05) is 13.1 Å². The lowest BCUT2D eigenvalue weighted by Crippen LogP contribution is -2.39. The number of halogens is 3. The fourth-order valence-electron chi connectivity index (χ4n) is 2.66. The molecule has 3 rings (SSSR count). The highest BCUT2D eigenvalue weighted by molar-refractivity contribution is 5.91. The Bertz CT molecular complexity index is 649. The van der Waals surface area contributed by atoms with Crippen LogP contribution in [0.3, 0.4) is 0 Å². The normalized spacial score (nSPS) is 19.4. The van der Waals surface area contributed by atoms with E-state index in [0.717, 1.165) is 12.5 Å². The topological polar surface area (TPSA) is 62.1 Å². The molecule has 0 radical (unpaired) electrons. The van der Waals surface area contributed by atoms with Crippen molar-refractivity contribution in [3.05, 3.63) is 41.6 Å². The fourth-order valence-corrected chi connectivity index (χ4v) is 2.66. The minimum Gasteiger partial charge on any atom is -0.459 e. The number of rotatable bonds is 2. The molecule has 0 unspecified atom stereocenters. The average molecular weight is 313 g/mol. The smallest absolute Gasteiger partial charge is 0.435 e. The maximum atomic E-state index is 12.6. The van der Waals surface area contributed by atoms with E-state index in [2.05, 4.69) is 10.2 Å². The largest absolute Gasteiger partial charge is 0.459 e. The molecule has 8 heteroatoms. The summed E-state index contributed by atoms with van der Waals surface area (Å²) in [5.74, 6) is -0.192.